The molecule has 0 saturated heterocycles. The van der Waals surface area contributed by atoms with Gasteiger partial charge in [-0.15, -0.1) is 0 Å². The summed E-state index contributed by atoms with van der Waals surface area (Å²) in [6.07, 6.45) is 2.16. The SMILES string of the molecule is Cc1nc(Cl)sc1S(=O)(=O)NCC1(C)CC1. The summed E-state index contributed by atoms with van der Waals surface area (Å²) in [5.74, 6) is 0. The summed E-state index contributed by atoms with van der Waals surface area (Å²) in [5, 5.41) is 0. The summed E-state index contributed by atoms with van der Waals surface area (Å²) < 4.78 is 27.0. The molecule has 2 rings (SSSR count). The molecule has 1 aromatic rings. The molecule has 16 heavy (non-hydrogen) atoms. The molecule has 1 heterocycles. The van der Waals surface area contributed by atoms with Gasteiger partial charge in [0.15, 0.2) is 8.68 Å². The highest BCUT2D eigenvalue weighted by Gasteiger charge is 2.38. The molecule has 1 N–H and O–H groups in total. The van der Waals surface area contributed by atoms with Gasteiger partial charge in [0.1, 0.15) is 0 Å². The van der Waals surface area contributed by atoms with Gasteiger partial charge in [0.25, 0.3) is 10.0 Å². The number of nitrogens with zero attached hydrogens (tertiary/aromatic N) is 1. The number of halogens is 1. The lowest BCUT2D eigenvalue weighted by Crippen LogP contribution is -2.29. The van der Waals surface area contributed by atoms with Crippen LogP contribution in [0.3, 0.4) is 0 Å². The van der Waals surface area contributed by atoms with Crippen LogP contribution >= 0.6 is 22.9 Å². The molecule has 0 aromatic carbocycles. The second-order valence-electron chi connectivity index (χ2n) is 4.47. The van der Waals surface area contributed by atoms with Crippen molar-refractivity contribution in [1.82, 2.24) is 9.71 Å². The minimum Gasteiger partial charge on any atom is -0.229 e. The van der Waals surface area contributed by atoms with Crippen molar-refractivity contribution >= 4 is 33.0 Å². The number of nitrogens with one attached hydrogen (secondary N) is 1. The van der Waals surface area contributed by atoms with Crippen LogP contribution < -0.4 is 4.72 Å². The Labute approximate surface area is 104 Å². The number of aryl methyl sites for hydroxylation is 1. The van der Waals surface area contributed by atoms with Gasteiger partial charge in [-0.3, -0.25) is 0 Å². The van der Waals surface area contributed by atoms with Crippen LogP contribution in [0, 0.1) is 12.3 Å². The van der Waals surface area contributed by atoms with Crippen molar-refractivity contribution in [3.8, 4) is 0 Å². The average molecular weight is 281 g/mol. The van der Waals surface area contributed by atoms with E-state index in [1.165, 1.54) is 0 Å². The summed E-state index contributed by atoms with van der Waals surface area (Å²) in [5.41, 5.74) is 0.610. The Hall–Kier alpha value is -0.170. The van der Waals surface area contributed by atoms with E-state index in [2.05, 4.69) is 16.6 Å². The van der Waals surface area contributed by atoms with E-state index in [-0.39, 0.29) is 14.1 Å². The van der Waals surface area contributed by atoms with Gasteiger partial charge in [0.2, 0.25) is 0 Å². The van der Waals surface area contributed by atoms with Crippen LogP contribution in [-0.2, 0) is 10.0 Å². The standard InChI is InChI=1S/C9H13ClN2O2S2/c1-6-7(15-8(10)12-6)16(13,14)11-5-9(2)3-4-9/h11H,3-5H2,1-2H3. The van der Waals surface area contributed by atoms with Gasteiger partial charge in [-0.25, -0.2) is 18.1 Å². The van der Waals surface area contributed by atoms with Crippen molar-refractivity contribution in [3.63, 3.8) is 0 Å². The van der Waals surface area contributed by atoms with Crippen LogP contribution in [0.2, 0.25) is 4.47 Å². The lowest BCUT2D eigenvalue weighted by Gasteiger charge is -2.09. The Morgan fingerprint density at radius 1 is 1.56 bits per heavy atom. The second-order valence-corrected chi connectivity index (χ2v) is 8.02. The molecular weight excluding hydrogens is 268 g/mol. The fourth-order valence-electron chi connectivity index (χ4n) is 1.32. The molecule has 1 aliphatic rings. The Morgan fingerprint density at radius 3 is 2.62 bits per heavy atom. The molecule has 0 amide bonds. The first-order chi connectivity index (χ1) is 7.32. The maximum absolute atomic E-state index is 11.9. The number of rotatable bonds is 4. The molecule has 0 aliphatic heterocycles. The Balaban J connectivity index is 2.15. The van der Waals surface area contributed by atoms with Crippen LogP contribution in [0.4, 0.5) is 0 Å². The van der Waals surface area contributed by atoms with E-state index in [9.17, 15) is 8.42 Å². The molecule has 0 unspecified atom stereocenters. The summed E-state index contributed by atoms with van der Waals surface area (Å²) in [4.78, 5) is 3.90. The van der Waals surface area contributed by atoms with Gasteiger partial charge in [0.05, 0.1) is 5.69 Å². The molecule has 1 saturated carbocycles. The van der Waals surface area contributed by atoms with Gasteiger partial charge >= 0.3 is 0 Å². The fraction of sp³-hybridized carbons (Fsp3) is 0.667. The molecule has 7 heteroatoms. The summed E-state index contributed by atoms with van der Waals surface area (Å²) in [6.45, 7) is 4.21. The first-order valence-corrected chi connectivity index (χ1v) is 7.63. The largest absolute Gasteiger partial charge is 0.252 e. The van der Waals surface area contributed by atoms with Crippen molar-refractivity contribution in [1.29, 1.82) is 0 Å². The van der Waals surface area contributed by atoms with E-state index in [1.54, 1.807) is 6.92 Å². The van der Waals surface area contributed by atoms with Gasteiger partial charge in [-0.2, -0.15) is 0 Å². The van der Waals surface area contributed by atoms with Crippen LogP contribution in [0.5, 0.6) is 0 Å². The maximum Gasteiger partial charge on any atom is 0.252 e. The van der Waals surface area contributed by atoms with E-state index < -0.39 is 10.0 Å². The summed E-state index contributed by atoms with van der Waals surface area (Å²) >= 11 is 6.69. The third-order valence-electron chi connectivity index (χ3n) is 2.76. The number of thiazole rings is 1. The van der Waals surface area contributed by atoms with Crippen molar-refractivity contribution < 1.29 is 8.42 Å². The molecule has 1 fully saturated rings. The van der Waals surface area contributed by atoms with Crippen molar-refractivity contribution in [2.45, 2.75) is 30.9 Å². The lowest BCUT2D eigenvalue weighted by molar-refractivity contribution is 0.531. The van der Waals surface area contributed by atoms with E-state index in [1.807, 2.05) is 0 Å². The molecule has 1 aromatic heterocycles. The van der Waals surface area contributed by atoms with E-state index in [0.717, 1.165) is 24.2 Å². The zero-order chi connectivity index (χ0) is 12.0. The molecule has 0 spiro atoms. The minimum absolute atomic E-state index is 0.148. The quantitative estimate of drug-likeness (QED) is 0.920. The topological polar surface area (TPSA) is 59.1 Å². The zero-order valence-electron chi connectivity index (χ0n) is 9.08. The zero-order valence-corrected chi connectivity index (χ0v) is 11.5. The third-order valence-corrected chi connectivity index (χ3v) is 6.04. The van der Waals surface area contributed by atoms with Crippen LogP contribution in [-0.4, -0.2) is 19.9 Å². The van der Waals surface area contributed by atoms with Crippen LogP contribution in [0.1, 0.15) is 25.5 Å². The van der Waals surface area contributed by atoms with Gasteiger partial charge in [-0.1, -0.05) is 29.9 Å². The number of hydrogen-bond acceptors (Lipinski definition) is 4. The smallest absolute Gasteiger partial charge is 0.229 e. The van der Waals surface area contributed by atoms with E-state index in [0.29, 0.717) is 12.2 Å². The van der Waals surface area contributed by atoms with Crippen LogP contribution in [0.25, 0.3) is 0 Å². The highest BCUT2D eigenvalue weighted by molar-refractivity contribution is 7.91. The highest BCUT2D eigenvalue weighted by Crippen LogP contribution is 2.44. The van der Waals surface area contributed by atoms with Gasteiger partial charge in [0, 0.05) is 6.54 Å². The highest BCUT2D eigenvalue weighted by atomic mass is 35.5. The molecule has 0 radical (unpaired) electrons. The summed E-state index contributed by atoms with van der Waals surface area (Å²) in [7, 11) is -3.44. The molecule has 0 atom stereocenters. The first kappa shape index (κ1) is 12.3. The molecular formula is C9H13ClN2O2S2. The predicted octanol–water partition coefficient (Wildman–Crippen LogP) is 2.18. The number of hydrogen-bond donors (Lipinski definition) is 1. The minimum atomic E-state index is -3.44. The Bertz CT molecular complexity index is 506. The monoisotopic (exact) mass is 280 g/mol. The molecule has 4 nitrogen and oxygen atoms in total. The maximum atomic E-state index is 11.9. The van der Waals surface area contributed by atoms with Crippen molar-refractivity contribution in [3.05, 3.63) is 10.2 Å². The van der Waals surface area contributed by atoms with Gasteiger partial charge in [-0.05, 0) is 25.2 Å². The van der Waals surface area contributed by atoms with E-state index in [4.69, 9.17) is 11.6 Å². The Kier molecular flexibility index (Phi) is 3.03. The average Bonchev–Trinajstić information content (AvgIpc) is 2.81. The lowest BCUT2D eigenvalue weighted by atomic mass is 10.2. The van der Waals surface area contributed by atoms with Crippen molar-refractivity contribution in [2.75, 3.05) is 6.54 Å². The third kappa shape index (κ3) is 2.56. The number of sulfonamides is 1. The summed E-state index contributed by atoms with van der Waals surface area (Å²) in [6, 6.07) is 0. The second kappa shape index (κ2) is 3.94. The van der Waals surface area contributed by atoms with Crippen LogP contribution in [0.15, 0.2) is 4.21 Å². The molecule has 90 valence electrons. The van der Waals surface area contributed by atoms with E-state index >= 15 is 0 Å². The van der Waals surface area contributed by atoms with Gasteiger partial charge < -0.3 is 0 Å². The predicted molar refractivity (Wildman–Crippen MR) is 64.4 cm³/mol. The number of aromatic nitrogens is 1. The first-order valence-electron chi connectivity index (χ1n) is 4.95. The normalized spacial score (nSPS) is 18.7. The Morgan fingerprint density at radius 2 is 2.19 bits per heavy atom. The fourth-order valence-corrected chi connectivity index (χ4v) is 4.31. The molecule has 1 aliphatic carbocycles. The van der Waals surface area contributed by atoms with Crippen molar-refractivity contribution in [2.24, 2.45) is 5.41 Å². The molecule has 0 bridgehead atoms.